The molecule has 0 aliphatic heterocycles. The molecule has 4 heteroatoms. The Morgan fingerprint density at radius 3 is 2.38 bits per heavy atom. The third-order valence-corrected chi connectivity index (χ3v) is 4.42. The first-order chi connectivity index (χ1) is 10.2. The second-order valence-corrected chi connectivity index (χ2v) is 5.70. The van der Waals surface area contributed by atoms with Crippen LogP contribution in [0.4, 0.5) is 0 Å². The summed E-state index contributed by atoms with van der Waals surface area (Å²) in [5, 5.41) is 4.58. The number of halogens is 2. The van der Waals surface area contributed by atoms with Crippen molar-refractivity contribution in [2.24, 2.45) is 0 Å². The highest BCUT2D eigenvalue weighted by molar-refractivity contribution is 6.42. The Hall–Kier alpha value is -1.22. The predicted octanol–water partition coefficient (Wildman–Crippen LogP) is 4.38. The van der Waals surface area contributed by atoms with E-state index in [1.807, 2.05) is 43.4 Å². The van der Waals surface area contributed by atoms with Crippen molar-refractivity contribution in [1.82, 2.24) is 5.32 Å². The van der Waals surface area contributed by atoms with Gasteiger partial charge in [-0.1, -0.05) is 53.5 Å². The lowest BCUT2D eigenvalue weighted by Crippen LogP contribution is -2.30. The van der Waals surface area contributed by atoms with E-state index < -0.39 is 0 Å². The number of benzene rings is 2. The molecular weight excluding hydrogens is 305 g/mol. The van der Waals surface area contributed by atoms with E-state index in [1.54, 1.807) is 7.11 Å². The number of likely N-dealkylation sites (N-methyl/N-ethyl adjacent to an activating group) is 1. The van der Waals surface area contributed by atoms with Crippen LogP contribution in [0.15, 0.2) is 42.5 Å². The molecule has 0 bridgehead atoms. The summed E-state index contributed by atoms with van der Waals surface area (Å²) in [7, 11) is 3.65. The van der Waals surface area contributed by atoms with Gasteiger partial charge in [-0.25, -0.2) is 0 Å². The third kappa shape index (κ3) is 4.13. The Balaban J connectivity index is 2.15. The summed E-state index contributed by atoms with van der Waals surface area (Å²) in [6.07, 6.45) is 1.68. The highest BCUT2D eigenvalue weighted by Gasteiger charge is 2.14. The molecule has 21 heavy (non-hydrogen) atoms. The maximum absolute atomic E-state index is 6.27. The molecule has 2 rings (SSSR count). The van der Waals surface area contributed by atoms with Crippen molar-refractivity contribution in [2.75, 3.05) is 14.2 Å². The molecule has 112 valence electrons. The molecule has 0 fully saturated rings. The average molecular weight is 324 g/mol. The normalized spacial score (nSPS) is 12.2. The number of nitrogens with one attached hydrogen (secondary N) is 1. The van der Waals surface area contributed by atoms with Gasteiger partial charge in [0.25, 0.3) is 0 Å². The van der Waals surface area contributed by atoms with Crippen LogP contribution < -0.4 is 10.1 Å². The van der Waals surface area contributed by atoms with E-state index in [9.17, 15) is 0 Å². The van der Waals surface area contributed by atoms with E-state index in [2.05, 4.69) is 11.4 Å². The van der Waals surface area contributed by atoms with Gasteiger partial charge in [0.15, 0.2) is 0 Å². The van der Waals surface area contributed by atoms with Crippen molar-refractivity contribution in [3.05, 3.63) is 63.6 Å². The summed E-state index contributed by atoms with van der Waals surface area (Å²) in [5.74, 6) is 0.912. The van der Waals surface area contributed by atoms with Crippen molar-refractivity contribution in [3.8, 4) is 5.75 Å². The van der Waals surface area contributed by atoms with Crippen molar-refractivity contribution in [3.63, 3.8) is 0 Å². The molecule has 0 spiro atoms. The van der Waals surface area contributed by atoms with Crippen LogP contribution in [0, 0.1) is 0 Å². The van der Waals surface area contributed by atoms with Gasteiger partial charge in [0.2, 0.25) is 0 Å². The number of methoxy groups -OCH3 is 1. The number of hydrogen-bond donors (Lipinski definition) is 1. The lowest BCUT2D eigenvalue weighted by molar-refractivity contribution is 0.406. The van der Waals surface area contributed by atoms with Gasteiger partial charge in [0.1, 0.15) is 5.75 Å². The fraction of sp³-hybridized carbons (Fsp3) is 0.294. The molecule has 0 aliphatic rings. The summed E-state index contributed by atoms with van der Waals surface area (Å²) < 4.78 is 5.41. The number of hydrogen-bond acceptors (Lipinski definition) is 2. The topological polar surface area (TPSA) is 21.3 Å². The first-order valence-corrected chi connectivity index (χ1v) is 7.63. The molecule has 0 saturated carbocycles. The maximum Gasteiger partial charge on any atom is 0.122 e. The molecule has 1 N–H and O–H groups in total. The fourth-order valence-electron chi connectivity index (χ4n) is 2.38. The third-order valence-electron chi connectivity index (χ3n) is 3.56. The Labute approximate surface area is 136 Å². The van der Waals surface area contributed by atoms with Crippen molar-refractivity contribution in [2.45, 2.75) is 18.9 Å². The first kappa shape index (κ1) is 16.2. The summed E-state index contributed by atoms with van der Waals surface area (Å²) in [6, 6.07) is 14.1. The Morgan fingerprint density at radius 1 is 1.00 bits per heavy atom. The first-order valence-electron chi connectivity index (χ1n) is 6.87. The van der Waals surface area contributed by atoms with E-state index in [0.717, 1.165) is 24.2 Å². The molecule has 2 nitrogen and oxygen atoms in total. The summed E-state index contributed by atoms with van der Waals surface area (Å²) in [6.45, 7) is 0. The van der Waals surface area contributed by atoms with Crippen molar-refractivity contribution >= 4 is 23.2 Å². The van der Waals surface area contributed by atoms with Crippen LogP contribution in [0.25, 0.3) is 0 Å². The molecular formula is C17H19Cl2NO. The van der Waals surface area contributed by atoms with Crippen LogP contribution in [0.3, 0.4) is 0 Å². The van der Waals surface area contributed by atoms with Crippen molar-refractivity contribution < 1.29 is 4.74 Å². The molecule has 0 saturated heterocycles. The van der Waals surface area contributed by atoms with Crippen LogP contribution in [-0.2, 0) is 12.8 Å². The van der Waals surface area contributed by atoms with E-state index in [-0.39, 0.29) is 6.04 Å². The highest BCUT2D eigenvalue weighted by Crippen LogP contribution is 2.27. The predicted molar refractivity (Wildman–Crippen MR) is 89.7 cm³/mol. The second kappa shape index (κ2) is 7.69. The van der Waals surface area contributed by atoms with E-state index in [1.165, 1.54) is 5.56 Å². The molecule has 1 unspecified atom stereocenters. The van der Waals surface area contributed by atoms with Crippen LogP contribution in [0.2, 0.25) is 10.0 Å². The molecule has 0 amide bonds. The molecule has 0 heterocycles. The van der Waals surface area contributed by atoms with Gasteiger partial charge >= 0.3 is 0 Å². The molecule has 1 atom stereocenters. The molecule has 0 radical (unpaired) electrons. The van der Waals surface area contributed by atoms with Gasteiger partial charge in [0, 0.05) is 6.04 Å². The highest BCUT2D eigenvalue weighted by atomic mass is 35.5. The van der Waals surface area contributed by atoms with Gasteiger partial charge < -0.3 is 10.1 Å². The lowest BCUT2D eigenvalue weighted by atomic mass is 9.98. The molecule has 2 aromatic carbocycles. The maximum atomic E-state index is 6.27. The van der Waals surface area contributed by atoms with Crippen LogP contribution in [0.5, 0.6) is 5.75 Å². The standard InChI is InChI=1S/C17H19Cl2NO/c1-20-14(10-12-6-3-4-9-16(12)21-2)11-13-7-5-8-15(18)17(13)19/h3-9,14,20H,10-11H2,1-2H3. The number of para-hydroxylation sites is 1. The minimum atomic E-state index is 0.261. The van der Waals surface area contributed by atoms with Crippen LogP contribution in [-0.4, -0.2) is 20.2 Å². The molecule has 2 aromatic rings. The van der Waals surface area contributed by atoms with Gasteiger partial charge in [0.05, 0.1) is 17.2 Å². The quantitative estimate of drug-likeness (QED) is 0.852. The largest absolute Gasteiger partial charge is 0.496 e. The van der Waals surface area contributed by atoms with E-state index in [4.69, 9.17) is 27.9 Å². The summed E-state index contributed by atoms with van der Waals surface area (Å²) >= 11 is 12.3. The SMILES string of the molecule is CNC(Cc1ccccc1OC)Cc1cccc(Cl)c1Cl. The fourth-order valence-corrected chi connectivity index (χ4v) is 2.78. The van der Waals surface area contributed by atoms with Crippen LogP contribution >= 0.6 is 23.2 Å². The summed E-state index contributed by atoms with van der Waals surface area (Å²) in [4.78, 5) is 0. The second-order valence-electron chi connectivity index (χ2n) is 4.92. The van der Waals surface area contributed by atoms with Gasteiger partial charge in [-0.15, -0.1) is 0 Å². The van der Waals surface area contributed by atoms with E-state index in [0.29, 0.717) is 10.0 Å². The van der Waals surface area contributed by atoms with Gasteiger partial charge in [-0.05, 0) is 43.1 Å². The minimum absolute atomic E-state index is 0.261. The Kier molecular flexibility index (Phi) is 5.92. The van der Waals surface area contributed by atoms with Gasteiger partial charge in [-0.3, -0.25) is 0 Å². The zero-order chi connectivity index (χ0) is 15.2. The number of ether oxygens (including phenoxy) is 1. The lowest BCUT2D eigenvalue weighted by Gasteiger charge is -2.19. The smallest absolute Gasteiger partial charge is 0.122 e. The van der Waals surface area contributed by atoms with Crippen molar-refractivity contribution in [1.29, 1.82) is 0 Å². The Bertz CT molecular complexity index is 601. The zero-order valence-corrected chi connectivity index (χ0v) is 13.7. The zero-order valence-electron chi connectivity index (χ0n) is 12.2. The monoisotopic (exact) mass is 323 g/mol. The number of rotatable bonds is 6. The average Bonchev–Trinajstić information content (AvgIpc) is 2.51. The molecule has 0 aliphatic carbocycles. The molecule has 0 aromatic heterocycles. The summed E-state index contributed by atoms with van der Waals surface area (Å²) in [5.41, 5.74) is 2.23. The van der Waals surface area contributed by atoms with Crippen LogP contribution in [0.1, 0.15) is 11.1 Å². The van der Waals surface area contributed by atoms with E-state index >= 15 is 0 Å². The minimum Gasteiger partial charge on any atom is -0.496 e. The van der Waals surface area contributed by atoms with Gasteiger partial charge in [-0.2, -0.15) is 0 Å². The Morgan fingerprint density at radius 2 is 1.67 bits per heavy atom.